The Balaban J connectivity index is 1.94. The van der Waals surface area contributed by atoms with Crippen molar-refractivity contribution in [1.29, 1.82) is 0 Å². The molecule has 160 valence electrons. The second-order valence-corrected chi connectivity index (χ2v) is 7.23. The molecule has 3 rings (SSSR count). The molecule has 2 aromatic carbocycles. The number of aliphatic hydroxyl groups is 5. The average Bonchev–Trinajstić information content (AvgIpc) is 2.76. The van der Waals surface area contributed by atoms with Gasteiger partial charge in [0.1, 0.15) is 30.2 Å². The third-order valence-corrected chi connectivity index (χ3v) is 5.27. The Bertz CT molecular complexity index is 903. The zero-order chi connectivity index (χ0) is 21.9. The van der Waals surface area contributed by atoms with E-state index in [-0.39, 0.29) is 5.56 Å². The van der Waals surface area contributed by atoms with Crippen molar-refractivity contribution < 1.29 is 35.0 Å². The van der Waals surface area contributed by atoms with Gasteiger partial charge in [-0.3, -0.25) is 0 Å². The number of rotatable bonds is 6. The first-order valence-corrected chi connectivity index (χ1v) is 9.71. The summed E-state index contributed by atoms with van der Waals surface area (Å²) in [5, 5.41) is 50.9. The lowest BCUT2D eigenvalue weighted by Crippen LogP contribution is -2.63. The molecule has 0 radical (unpaired) electrons. The first kappa shape index (κ1) is 22.2. The number of aliphatic hydroxyl groups excluding tert-OH is 4. The van der Waals surface area contributed by atoms with Gasteiger partial charge in [-0.1, -0.05) is 24.1 Å². The van der Waals surface area contributed by atoms with Gasteiger partial charge in [-0.15, -0.1) is 6.42 Å². The molecule has 1 heterocycles. The molecule has 0 saturated carbocycles. The standard InChI is InChI=1S/C23H26O7/c1-3-15-7-8-17(23(28)22(27)21(26)20(25)19(13-24)30-23)12-16(15)11-14-5-9-18(10-6-14)29-4-2/h1,5-10,12,19-22,24-28H,4,11,13H2,2H3/t19-,20-,21+,22-,23+/m1/s1. The van der Waals surface area contributed by atoms with Crippen molar-refractivity contribution in [3.8, 4) is 18.1 Å². The first-order valence-electron chi connectivity index (χ1n) is 9.71. The maximum Gasteiger partial charge on any atom is 0.222 e. The molecule has 7 heteroatoms. The van der Waals surface area contributed by atoms with Crippen LogP contribution in [-0.4, -0.2) is 63.2 Å². The minimum absolute atomic E-state index is 0.152. The average molecular weight is 414 g/mol. The summed E-state index contributed by atoms with van der Waals surface area (Å²) in [6, 6.07) is 12.2. The van der Waals surface area contributed by atoms with Gasteiger partial charge in [0.15, 0.2) is 0 Å². The van der Waals surface area contributed by atoms with Crippen molar-refractivity contribution in [2.45, 2.75) is 43.5 Å². The molecule has 1 aliphatic rings. The molecule has 30 heavy (non-hydrogen) atoms. The Hall–Kier alpha value is -2.44. The zero-order valence-corrected chi connectivity index (χ0v) is 16.6. The molecular formula is C23H26O7. The maximum atomic E-state index is 11.0. The molecule has 1 aliphatic heterocycles. The van der Waals surface area contributed by atoms with Crippen LogP contribution in [0.15, 0.2) is 42.5 Å². The van der Waals surface area contributed by atoms with E-state index in [9.17, 15) is 25.5 Å². The van der Waals surface area contributed by atoms with Gasteiger partial charge in [0.05, 0.1) is 13.2 Å². The fourth-order valence-corrected chi connectivity index (χ4v) is 3.59. The third-order valence-electron chi connectivity index (χ3n) is 5.27. The van der Waals surface area contributed by atoms with E-state index in [0.29, 0.717) is 24.2 Å². The molecule has 5 N–H and O–H groups in total. The summed E-state index contributed by atoms with van der Waals surface area (Å²) in [6.07, 6.45) is -0.279. The van der Waals surface area contributed by atoms with Crippen molar-refractivity contribution in [1.82, 2.24) is 0 Å². The van der Waals surface area contributed by atoms with Crippen LogP contribution in [0.2, 0.25) is 0 Å². The highest BCUT2D eigenvalue weighted by atomic mass is 16.7. The number of ether oxygens (including phenoxy) is 2. The summed E-state index contributed by atoms with van der Waals surface area (Å²) in [5.74, 6) is 1.02. The van der Waals surface area contributed by atoms with Gasteiger partial charge < -0.3 is 35.0 Å². The molecule has 5 atom stereocenters. The highest BCUT2D eigenvalue weighted by Gasteiger charge is 2.53. The smallest absolute Gasteiger partial charge is 0.222 e. The van der Waals surface area contributed by atoms with E-state index in [0.717, 1.165) is 11.3 Å². The summed E-state index contributed by atoms with van der Waals surface area (Å²) < 4.78 is 10.8. The predicted octanol–water partition coefficient (Wildman–Crippen LogP) is 0.276. The molecule has 0 spiro atoms. The lowest BCUT2D eigenvalue weighted by atomic mass is 9.86. The fourth-order valence-electron chi connectivity index (χ4n) is 3.59. The highest BCUT2D eigenvalue weighted by Crippen LogP contribution is 2.37. The molecule has 7 nitrogen and oxygen atoms in total. The molecule has 1 fully saturated rings. The minimum atomic E-state index is -2.33. The van der Waals surface area contributed by atoms with Gasteiger partial charge in [0, 0.05) is 11.1 Å². The van der Waals surface area contributed by atoms with Gasteiger partial charge in [0.25, 0.3) is 0 Å². The van der Waals surface area contributed by atoms with E-state index in [1.165, 1.54) is 6.07 Å². The highest BCUT2D eigenvalue weighted by molar-refractivity contribution is 5.46. The quantitative estimate of drug-likeness (QED) is 0.431. The lowest BCUT2D eigenvalue weighted by molar-refractivity contribution is -0.357. The molecule has 2 aromatic rings. The van der Waals surface area contributed by atoms with Crippen LogP contribution in [0.3, 0.4) is 0 Å². The van der Waals surface area contributed by atoms with Crippen molar-refractivity contribution >= 4 is 0 Å². The van der Waals surface area contributed by atoms with Gasteiger partial charge in [0.2, 0.25) is 5.79 Å². The fraction of sp³-hybridized carbons (Fsp3) is 0.391. The maximum absolute atomic E-state index is 11.0. The second-order valence-electron chi connectivity index (χ2n) is 7.23. The van der Waals surface area contributed by atoms with E-state index in [2.05, 4.69) is 5.92 Å². The Morgan fingerprint density at radius 2 is 1.80 bits per heavy atom. The van der Waals surface area contributed by atoms with E-state index in [1.807, 2.05) is 31.2 Å². The molecule has 1 saturated heterocycles. The molecule has 0 aliphatic carbocycles. The van der Waals surface area contributed by atoms with Gasteiger partial charge >= 0.3 is 0 Å². The zero-order valence-electron chi connectivity index (χ0n) is 16.6. The van der Waals surface area contributed by atoms with Crippen LogP contribution >= 0.6 is 0 Å². The van der Waals surface area contributed by atoms with Crippen molar-refractivity contribution in [2.75, 3.05) is 13.2 Å². The summed E-state index contributed by atoms with van der Waals surface area (Å²) in [7, 11) is 0. The normalized spacial score (nSPS) is 28.7. The topological polar surface area (TPSA) is 120 Å². The number of hydrogen-bond acceptors (Lipinski definition) is 7. The van der Waals surface area contributed by atoms with Crippen LogP contribution in [-0.2, 0) is 16.9 Å². The van der Waals surface area contributed by atoms with Crippen LogP contribution in [0, 0.1) is 12.3 Å². The van der Waals surface area contributed by atoms with Crippen molar-refractivity contribution in [3.05, 3.63) is 64.7 Å². The first-order chi connectivity index (χ1) is 14.3. The Kier molecular flexibility index (Phi) is 6.78. The van der Waals surface area contributed by atoms with E-state index >= 15 is 0 Å². The third kappa shape index (κ3) is 4.20. The monoisotopic (exact) mass is 414 g/mol. The van der Waals surface area contributed by atoms with Crippen LogP contribution in [0.5, 0.6) is 5.75 Å². The van der Waals surface area contributed by atoms with Crippen molar-refractivity contribution in [3.63, 3.8) is 0 Å². The molecular weight excluding hydrogens is 388 g/mol. The Labute approximate surface area is 175 Å². The minimum Gasteiger partial charge on any atom is -0.494 e. The van der Waals surface area contributed by atoms with Crippen LogP contribution in [0.25, 0.3) is 0 Å². The summed E-state index contributed by atoms with van der Waals surface area (Å²) >= 11 is 0. The van der Waals surface area contributed by atoms with Crippen LogP contribution < -0.4 is 4.74 Å². The van der Waals surface area contributed by atoms with Crippen molar-refractivity contribution in [2.24, 2.45) is 0 Å². The largest absolute Gasteiger partial charge is 0.494 e. The van der Waals surface area contributed by atoms with E-state index in [4.69, 9.17) is 15.9 Å². The number of hydrogen-bond donors (Lipinski definition) is 5. The number of benzene rings is 2. The van der Waals surface area contributed by atoms with Crippen LogP contribution in [0.1, 0.15) is 29.2 Å². The van der Waals surface area contributed by atoms with Gasteiger partial charge in [-0.25, -0.2) is 0 Å². The SMILES string of the molecule is C#Cc1ccc([C@]2(O)O[C@H](CO)[C@@H](O)[C@H](O)[C@H]2O)cc1Cc1ccc(OCC)cc1. The molecule has 0 amide bonds. The van der Waals surface area contributed by atoms with E-state index in [1.54, 1.807) is 12.1 Å². The Morgan fingerprint density at radius 1 is 1.10 bits per heavy atom. The Morgan fingerprint density at radius 3 is 2.40 bits per heavy atom. The molecule has 0 bridgehead atoms. The van der Waals surface area contributed by atoms with E-state index < -0.39 is 36.8 Å². The number of terminal acetylenes is 1. The second kappa shape index (κ2) is 9.14. The van der Waals surface area contributed by atoms with Gasteiger partial charge in [-0.05, 0) is 48.7 Å². The summed E-state index contributed by atoms with van der Waals surface area (Å²) in [4.78, 5) is 0. The van der Waals surface area contributed by atoms with Gasteiger partial charge in [-0.2, -0.15) is 0 Å². The lowest BCUT2D eigenvalue weighted by Gasteiger charge is -2.45. The molecule has 0 unspecified atom stereocenters. The summed E-state index contributed by atoms with van der Waals surface area (Å²) in [6.45, 7) is 1.83. The summed E-state index contributed by atoms with van der Waals surface area (Å²) in [5.41, 5.74) is 2.40. The van der Waals surface area contributed by atoms with Crippen LogP contribution in [0.4, 0.5) is 0 Å². The molecule has 0 aromatic heterocycles. The predicted molar refractivity (Wildman–Crippen MR) is 109 cm³/mol.